The molecule has 0 bridgehead atoms. The van der Waals surface area contributed by atoms with Gasteiger partial charge in [0.05, 0.1) is 0 Å². The Hall–Kier alpha value is -1.59. The first-order valence-electron chi connectivity index (χ1n) is 22.2. The number of esters is 3. The smallest absolute Gasteiger partial charge is 0.306 e. The molecule has 0 rings (SSSR count). The van der Waals surface area contributed by atoms with Gasteiger partial charge in [-0.15, -0.1) is 0 Å². The Morgan fingerprint density at radius 1 is 0.373 bits per heavy atom. The van der Waals surface area contributed by atoms with Crippen molar-refractivity contribution in [1.82, 2.24) is 0 Å². The molecule has 0 N–H and O–H groups in total. The standard InChI is InChI=1S/C45H86O6/c1-6-7-8-9-10-11-12-15-20-25-30-35-43(46)49-38-42(39-50-44(47)36-31-26-22-17-19-24-29-34-41(4)5)51-45(48)37-32-27-21-16-13-14-18-23-28-33-40(2)3/h40-42H,6-39H2,1-5H3/t42-/m1/s1. The van der Waals surface area contributed by atoms with Crippen molar-refractivity contribution in [3.63, 3.8) is 0 Å². The van der Waals surface area contributed by atoms with Crippen LogP contribution in [0.25, 0.3) is 0 Å². The molecular formula is C45H86O6. The lowest BCUT2D eigenvalue weighted by Gasteiger charge is -2.18. The van der Waals surface area contributed by atoms with Gasteiger partial charge in [-0.25, -0.2) is 0 Å². The summed E-state index contributed by atoms with van der Waals surface area (Å²) in [6.45, 7) is 11.3. The van der Waals surface area contributed by atoms with Crippen LogP contribution in [0.4, 0.5) is 0 Å². The summed E-state index contributed by atoms with van der Waals surface area (Å²) in [6.07, 6.45) is 35.2. The first-order valence-corrected chi connectivity index (χ1v) is 22.2. The lowest BCUT2D eigenvalue weighted by atomic mass is 10.0. The zero-order chi connectivity index (χ0) is 37.6. The Labute approximate surface area is 317 Å². The molecule has 0 amide bonds. The molecule has 6 nitrogen and oxygen atoms in total. The van der Waals surface area contributed by atoms with Gasteiger partial charge in [-0.2, -0.15) is 0 Å². The van der Waals surface area contributed by atoms with E-state index in [1.807, 2.05) is 0 Å². The highest BCUT2D eigenvalue weighted by molar-refractivity contribution is 5.71. The maximum Gasteiger partial charge on any atom is 0.306 e. The van der Waals surface area contributed by atoms with E-state index >= 15 is 0 Å². The van der Waals surface area contributed by atoms with Gasteiger partial charge in [0.2, 0.25) is 0 Å². The maximum absolute atomic E-state index is 12.7. The average molecular weight is 723 g/mol. The number of hydrogen-bond donors (Lipinski definition) is 0. The van der Waals surface area contributed by atoms with Crippen molar-refractivity contribution in [3.05, 3.63) is 0 Å². The van der Waals surface area contributed by atoms with Crippen LogP contribution in [0.1, 0.15) is 240 Å². The van der Waals surface area contributed by atoms with E-state index in [1.165, 1.54) is 128 Å². The van der Waals surface area contributed by atoms with E-state index < -0.39 is 6.10 Å². The number of unbranched alkanes of at least 4 members (excludes halogenated alkanes) is 24. The fourth-order valence-corrected chi connectivity index (χ4v) is 6.58. The third-order valence-corrected chi connectivity index (χ3v) is 9.97. The zero-order valence-electron chi connectivity index (χ0n) is 34.7. The molecule has 0 aliphatic rings. The summed E-state index contributed by atoms with van der Waals surface area (Å²) in [4.78, 5) is 37.6. The highest BCUT2D eigenvalue weighted by atomic mass is 16.6. The third-order valence-electron chi connectivity index (χ3n) is 9.97. The molecule has 0 heterocycles. The Morgan fingerprint density at radius 2 is 0.647 bits per heavy atom. The van der Waals surface area contributed by atoms with Crippen LogP contribution in [-0.4, -0.2) is 37.2 Å². The monoisotopic (exact) mass is 723 g/mol. The quantitative estimate of drug-likeness (QED) is 0.0357. The molecule has 0 fully saturated rings. The molecule has 0 aromatic heterocycles. The fraction of sp³-hybridized carbons (Fsp3) is 0.933. The topological polar surface area (TPSA) is 78.9 Å². The molecular weight excluding hydrogens is 636 g/mol. The van der Waals surface area contributed by atoms with Gasteiger partial charge < -0.3 is 14.2 Å². The van der Waals surface area contributed by atoms with Gasteiger partial charge in [-0.05, 0) is 31.1 Å². The van der Waals surface area contributed by atoms with Crippen LogP contribution in [-0.2, 0) is 28.6 Å². The Balaban J connectivity index is 4.35. The molecule has 302 valence electrons. The van der Waals surface area contributed by atoms with Crippen LogP contribution in [0.15, 0.2) is 0 Å². The van der Waals surface area contributed by atoms with E-state index in [1.54, 1.807) is 0 Å². The highest BCUT2D eigenvalue weighted by Crippen LogP contribution is 2.16. The van der Waals surface area contributed by atoms with Gasteiger partial charge in [-0.3, -0.25) is 14.4 Å². The minimum atomic E-state index is -0.760. The van der Waals surface area contributed by atoms with Crippen molar-refractivity contribution in [3.8, 4) is 0 Å². The van der Waals surface area contributed by atoms with E-state index in [9.17, 15) is 14.4 Å². The second kappa shape index (κ2) is 38.1. The van der Waals surface area contributed by atoms with Gasteiger partial charge in [0.25, 0.3) is 0 Å². The van der Waals surface area contributed by atoms with Crippen molar-refractivity contribution in [2.24, 2.45) is 11.8 Å². The summed E-state index contributed by atoms with van der Waals surface area (Å²) in [5, 5.41) is 0. The minimum absolute atomic E-state index is 0.0656. The van der Waals surface area contributed by atoms with Crippen molar-refractivity contribution in [2.45, 2.75) is 246 Å². The van der Waals surface area contributed by atoms with Crippen molar-refractivity contribution < 1.29 is 28.6 Å². The van der Waals surface area contributed by atoms with Gasteiger partial charge >= 0.3 is 17.9 Å². The largest absolute Gasteiger partial charge is 0.462 e. The summed E-state index contributed by atoms with van der Waals surface area (Å²) < 4.78 is 16.7. The molecule has 0 spiro atoms. The predicted molar refractivity (Wildman–Crippen MR) is 215 cm³/mol. The second-order valence-electron chi connectivity index (χ2n) is 16.3. The molecule has 0 saturated carbocycles. The highest BCUT2D eigenvalue weighted by Gasteiger charge is 2.19. The van der Waals surface area contributed by atoms with Crippen LogP contribution in [0.2, 0.25) is 0 Å². The van der Waals surface area contributed by atoms with Crippen molar-refractivity contribution >= 4 is 17.9 Å². The lowest BCUT2D eigenvalue weighted by Crippen LogP contribution is -2.30. The Kier molecular flexibility index (Phi) is 37.0. The Bertz CT molecular complexity index is 779. The summed E-state index contributed by atoms with van der Waals surface area (Å²) in [7, 11) is 0. The molecule has 51 heavy (non-hydrogen) atoms. The number of carbonyl (C=O) groups excluding carboxylic acids is 3. The summed E-state index contributed by atoms with van der Waals surface area (Å²) in [6, 6.07) is 0. The molecule has 0 aliphatic heterocycles. The van der Waals surface area contributed by atoms with E-state index in [2.05, 4.69) is 34.6 Å². The van der Waals surface area contributed by atoms with Crippen LogP contribution in [0.3, 0.4) is 0 Å². The van der Waals surface area contributed by atoms with Gasteiger partial charge in [-0.1, -0.05) is 202 Å². The lowest BCUT2D eigenvalue weighted by molar-refractivity contribution is -0.167. The molecule has 0 radical (unpaired) electrons. The third kappa shape index (κ3) is 39.5. The number of rotatable bonds is 39. The molecule has 0 unspecified atom stereocenters. The minimum Gasteiger partial charge on any atom is -0.462 e. The van der Waals surface area contributed by atoms with E-state index in [-0.39, 0.29) is 31.1 Å². The van der Waals surface area contributed by atoms with E-state index in [0.717, 1.165) is 69.6 Å². The first kappa shape index (κ1) is 49.4. The predicted octanol–water partition coefficient (Wildman–Crippen LogP) is 13.8. The van der Waals surface area contributed by atoms with E-state index in [0.29, 0.717) is 19.3 Å². The van der Waals surface area contributed by atoms with Gasteiger partial charge in [0, 0.05) is 19.3 Å². The van der Waals surface area contributed by atoms with Crippen molar-refractivity contribution in [1.29, 1.82) is 0 Å². The first-order chi connectivity index (χ1) is 24.7. The van der Waals surface area contributed by atoms with Crippen molar-refractivity contribution in [2.75, 3.05) is 13.2 Å². The average Bonchev–Trinajstić information content (AvgIpc) is 3.09. The van der Waals surface area contributed by atoms with Crippen LogP contribution < -0.4 is 0 Å². The molecule has 0 aromatic rings. The molecule has 0 saturated heterocycles. The molecule has 0 aliphatic carbocycles. The fourth-order valence-electron chi connectivity index (χ4n) is 6.58. The van der Waals surface area contributed by atoms with Crippen LogP contribution in [0.5, 0.6) is 0 Å². The van der Waals surface area contributed by atoms with E-state index in [4.69, 9.17) is 14.2 Å². The summed E-state index contributed by atoms with van der Waals surface area (Å²) >= 11 is 0. The SMILES string of the molecule is CCCCCCCCCCCCCC(=O)OC[C@H](COC(=O)CCCCCCCCCC(C)C)OC(=O)CCCCCCCCCCCC(C)C. The number of ether oxygens (including phenoxy) is 3. The summed E-state index contributed by atoms with van der Waals surface area (Å²) in [5.74, 6) is 0.725. The maximum atomic E-state index is 12.7. The number of carbonyl (C=O) groups is 3. The molecule has 0 aromatic carbocycles. The second-order valence-corrected chi connectivity index (χ2v) is 16.3. The van der Waals surface area contributed by atoms with Crippen LogP contribution >= 0.6 is 0 Å². The Morgan fingerprint density at radius 3 is 0.961 bits per heavy atom. The summed E-state index contributed by atoms with van der Waals surface area (Å²) in [5.41, 5.74) is 0. The van der Waals surface area contributed by atoms with Gasteiger partial charge in [0.15, 0.2) is 6.10 Å². The number of hydrogen-bond acceptors (Lipinski definition) is 6. The van der Waals surface area contributed by atoms with Crippen LogP contribution in [0, 0.1) is 11.8 Å². The zero-order valence-corrected chi connectivity index (χ0v) is 34.7. The molecule has 1 atom stereocenters. The molecule has 6 heteroatoms. The normalized spacial score (nSPS) is 12.1. The van der Waals surface area contributed by atoms with Gasteiger partial charge in [0.1, 0.15) is 13.2 Å².